The Balaban J connectivity index is 2.95. The molecule has 14 heavy (non-hydrogen) atoms. The highest BCUT2D eigenvalue weighted by Gasteiger charge is 2.11. The first-order chi connectivity index (χ1) is 6.65. The molecule has 0 saturated heterocycles. The first kappa shape index (κ1) is 10.3. The summed E-state index contributed by atoms with van der Waals surface area (Å²) in [6.07, 6.45) is -0.372. The molecule has 1 rings (SSSR count). The second kappa shape index (κ2) is 4.43. The van der Waals surface area contributed by atoms with Crippen molar-refractivity contribution < 1.29 is 9.53 Å². The van der Waals surface area contributed by atoms with E-state index in [1.165, 1.54) is 6.92 Å². The molecule has 1 aromatic rings. The van der Waals surface area contributed by atoms with Crippen molar-refractivity contribution in [1.29, 1.82) is 5.26 Å². The van der Waals surface area contributed by atoms with E-state index in [4.69, 9.17) is 10.00 Å². The standard InChI is InChI=1S/C11H11NO2/c1-8(14-9(2)13)11-6-4-3-5-10(11)7-12/h3-6,8H,1-2H3. The van der Waals surface area contributed by atoms with Crippen LogP contribution in [0, 0.1) is 11.3 Å². The summed E-state index contributed by atoms with van der Waals surface area (Å²) in [6, 6.07) is 9.14. The lowest BCUT2D eigenvalue weighted by molar-refractivity contribution is -0.145. The van der Waals surface area contributed by atoms with Crippen molar-refractivity contribution in [3.63, 3.8) is 0 Å². The maximum Gasteiger partial charge on any atom is 0.303 e. The van der Waals surface area contributed by atoms with Gasteiger partial charge in [-0.05, 0) is 13.0 Å². The average molecular weight is 189 g/mol. The van der Waals surface area contributed by atoms with E-state index in [2.05, 4.69) is 6.07 Å². The van der Waals surface area contributed by atoms with Crippen molar-refractivity contribution in [2.75, 3.05) is 0 Å². The highest BCUT2D eigenvalue weighted by Crippen LogP contribution is 2.20. The van der Waals surface area contributed by atoms with Gasteiger partial charge in [-0.15, -0.1) is 0 Å². The average Bonchev–Trinajstić information content (AvgIpc) is 2.16. The van der Waals surface area contributed by atoms with Crippen LogP contribution in [0.25, 0.3) is 0 Å². The van der Waals surface area contributed by atoms with Gasteiger partial charge in [0.05, 0.1) is 11.6 Å². The van der Waals surface area contributed by atoms with Gasteiger partial charge in [-0.3, -0.25) is 4.79 Å². The summed E-state index contributed by atoms with van der Waals surface area (Å²) < 4.78 is 4.99. The zero-order valence-corrected chi connectivity index (χ0v) is 8.15. The molecule has 72 valence electrons. The lowest BCUT2D eigenvalue weighted by Gasteiger charge is -2.12. The second-order valence-electron chi connectivity index (χ2n) is 2.95. The van der Waals surface area contributed by atoms with Crippen LogP contribution in [0.1, 0.15) is 31.1 Å². The van der Waals surface area contributed by atoms with Crippen LogP contribution in [0.2, 0.25) is 0 Å². The van der Waals surface area contributed by atoms with Gasteiger partial charge in [-0.25, -0.2) is 0 Å². The third-order valence-electron chi connectivity index (χ3n) is 1.86. The van der Waals surface area contributed by atoms with Gasteiger partial charge in [0.1, 0.15) is 6.10 Å². The van der Waals surface area contributed by atoms with Gasteiger partial charge in [0.25, 0.3) is 0 Å². The molecule has 0 heterocycles. The molecule has 0 spiro atoms. The molecule has 0 aliphatic carbocycles. The van der Waals surface area contributed by atoms with Crippen LogP contribution in [0.5, 0.6) is 0 Å². The predicted molar refractivity (Wildman–Crippen MR) is 51.3 cm³/mol. The van der Waals surface area contributed by atoms with Gasteiger partial charge in [0.2, 0.25) is 0 Å². The van der Waals surface area contributed by atoms with Crippen LogP contribution in [-0.2, 0) is 9.53 Å². The number of carbonyl (C=O) groups is 1. The largest absolute Gasteiger partial charge is 0.458 e. The van der Waals surface area contributed by atoms with Crippen molar-refractivity contribution in [2.45, 2.75) is 20.0 Å². The first-order valence-corrected chi connectivity index (χ1v) is 4.31. The summed E-state index contributed by atoms with van der Waals surface area (Å²) in [5.41, 5.74) is 1.28. The molecule has 1 aromatic carbocycles. The van der Waals surface area contributed by atoms with Crippen molar-refractivity contribution >= 4 is 5.97 Å². The van der Waals surface area contributed by atoms with Crippen LogP contribution >= 0.6 is 0 Å². The minimum atomic E-state index is -0.372. The van der Waals surface area contributed by atoms with E-state index in [9.17, 15) is 4.79 Å². The molecular weight excluding hydrogens is 178 g/mol. The molecule has 0 amide bonds. The highest BCUT2D eigenvalue weighted by atomic mass is 16.5. The lowest BCUT2D eigenvalue weighted by Crippen LogP contribution is -2.06. The van der Waals surface area contributed by atoms with Crippen LogP contribution < -0.4 is 0 Å². The third kappa shape index (κ3) is 2.33. The Bertz CT molecular complexity index is 379. The van der Waals surface area contributed by atoms with Crippen molar-refractivity contribution in [2.24, 2.45) is 0 Å². The maximum absolute atomic E-state index is 10.7. The molecule has 1 atom stereocenters. The predicted octanol–water partition coefficient (Wildman–Crippen LogP) is 2.18. The molecule has 0 aliphatic heterocycles. The van der Waals surface area contributed by atoms with Gasteiger partial charge in [-0.1, -0.05) is 18.2 Å². The van der Waals surface area contributed by atoms with Gasteiger partial charge in [-0.2, -0.15) is 5.26 Å². The van der Waals surface area contributed by atoms with Gasteiger partial charge >= 0.3 is 5.97 Å². The molecule has 0 fully saturated rings. The SMILES string of the molecule is CC(=O)OC(C)c1ccccc1C#N. The molecule has 1 unspecified atom stereocenters. The summed E-state index contributed by atoms with van der Waals surface area (Å²) in [6.45, 7) is 3.10. The van der Waals surface area contributed by atoms with E-state index >= 15 is 0 Å². The van der Waals surface area contributed by atoms with Crippen LogP contribution in [-0.4, -0.2) is 5.97 Å². The first-order valence-electron chi connectivity index (χ1n) is 4.31. The second-order valence-corrected chi connectivity index (χ2v) is 2.95. The van der Waals surface area contributed by atoms with Gasteiger partial charge in [0.15, 0.2) is 0 Å². The Kier molecular flexibility index (Phi) is 3.24. The molecule has 0 aliphatic rings. The van der Waals surface area contributed by atoms with Crippen molar-refractivity contribution in [3.8, 4) is 6.07 Å². The quantitative estimate of drug-likeness (QED) is 0.670. The maximum atomic E-state index is 10.7. The summed E-state index contributed by atoms with van der Waals surface area (Å²) in [7, 11) is 0. The topological polar surface area (TPSA) is 50.1 Å². The Morgan fingerprint density at radius 1 is 1.50 bits per heavy atom. The summed E-state index contributed by atoms with van der Waals surface area (Å²) >= 11 is 0. The molecule has 3 nitrogen and oxygen atoms in total. The van der Waals surface area contributed by atoms with E-state index in [-0.39, 0.29) is 12.1 Å². The molecule has 0 saturated carbocycles. The fourth-order valence-corrected chi connectivity index (χ4v) is 1.27. The zero-order valence-electron chi connectivity index (χ0n) is 8.15. The molecule has 0 radical (unpaired) electrons. The third-order valence-corrected chi connectivity index (χ3v) is 1.86. The Labute approximate surface area is 82.9 Å². The smallest absolute Gasteiger partial charge is 0.303 e. The Hall–Kier alpha value is -1.82. The lowest BCUT2D eigenvalue weighted by atomic mass is 10.0. The van der Waals surface area contributed by atoms with Crippen LogP contribution in [0.15, 0.2) is 24.3 Å². The number of hydrogen-bond acceptors (Lipinski definition) is 3. The number of hydrogen-bond donors (Lipinski definition) is 0. The summed E-state index contributed by atoms with van der Waals surface area (Å²) in [5.74, 6) is -0.342. The summed E-state index contributed by atoms with van der Waals surface area (Å²) in [5, 5.41) is 8.81. The summed E-state index contributed by atoms with van der Waals surface area (Å²) in [4.78, 5) is 10.7. The molecule has 0 bridgehead atoms. The van der Waals surface area contributed by atoms with E-state index < -0.39 is 0 Å². The fourth-order valence-electron chi connectivity index (χ4n) is 1.27. The normalized spacial score (nSPS) is 11.5. The minimum absolute atomic E-state index is 0.342. The molecular formula is C11H11NO2. The molecule has 3 heteroatoms. The number of benzene rings is 1. The van der Waals surface area contributed by atoms with E-state index in [0.717, 1.165) is 5.56 Å². The number of nitriles is 1. The zero-order chi connectivity index (χ0) is 10.6. The number of carbonyl (C=O) groups excluding carboxylic acids is 1. The van der Waals surface area contributed by atoms with Crippen LogP contribution in [0.3, 0.4) is 0 Å². The van der Waals surface area contributed by atoms with Crippen LogP contribution in [0.4, 0.5) is 0 Å². The number of rotatable bonds is 2. The number of nitrogens with zero attached hydrogens (tertiary/aromatic N) is 1. The fraction of sp³-hybridized carbons (Fsp3) is 0.273. The molecule has 0 N–H and O–H groups in total. The molecule has 0 aromatic heterocycles. The van der Waals surface area contributed by atoms with E-state index in [0.29, 0.717) is 5.56 Å². The van der Waals surface area contributed by atoms with Crippen molar-refractivity contribution in [1.82, 2.24) is 0 Å². The number of esters is 1. The number of ether oxygens (including phenoxy) is 1. The van der Waals surface area contributed by atoms with Gasteiger partial charge in [0, 0.05) is 12.5 Å². The van der Waals surface area contributed by atoms with E-state index in [1.807, 2.05) is 6.07 Å². The highest BCUT2D eigenvalue weighted by molar-refractivity contribution is 5.66. The minimum Gasteiger partial charge on any atom is -0.458 e. The van der Waals surface area contributed by atoms with Crippen molar-refractivity contribution in [3.05, 3.63) is 35.4 Å². The van der Waals surface area contributed by atoms with E-state index in [1.54, 1.807) is 25.1 Å². The monoisotopic (exact) mass is 189 g/mol. The van der Waals surface area contributed by atoms with Gasteiger partial charge < -0.3 is 4.74 Å². The Morgan fingerprint density at radius 3 is 2.71 bits per heavy atom. The Morgan fingerprint density at radius 2 is 2.14 bits per heavy atom.